The van der Waals surface area contributed by atoms with Gasteiger partial charge in [-0.05, 0) is 13.8 Å². The fraction of sp³-hybridized carbons (Fsp3) is 0.400. The van der Waals surface area contributed by atoms with Gasteiger partial charge in [-0.15, -0.1) is 0 Å². The SMILES string of the molecule is COC(=O)c1c(C)[nH]c(C)c1C(=O)C(Cl)(Cl)Cl. The van der Waals surface area contributed by atoms with Gasteiger partial charge in [-0.1, -0.05) is 34.8 Å². The van der Waals surface area contributed by atoms with E-state index in [1.54, 1.807) is 13.8 Å². The smallest absolute Gasteiger partial charge is 0.340 e. The predicted molar refractivity (Wildman–Crippen MR) is 66.2 cm³/mol. The minimum Gasteiger partial charge on any atom is -0.465 e. The normalized spacial score (nSPS) is 11.4. The molecule has 0 spiro atoms. The lowest BCUT2D eigenvalue weighted by Crippen LogP contribution is -2.22. The molecule has 1 aromatic rings. The van der Waals surface area contributed by atoms with Gasteiger partial charge in [-0.25, -0.2) is 4.79 Å². The molecule has 0 aromatic carbocycles. The number of carbonyl (C=O) groups is 2. The van der Waals surface area contributed by atoms with Crippen LogP contribution in [0.25, 0.3) is 0 Å². The van der Waals surface area contributed by atoms with Crippen LogP contribution < -0.4 is 0 Å². The van der Waals surface area contributed by atoms with E-state index in [9.17, 15) is 9.59 Å². The number of ketones is 1. The number of hydrogen-bond acceptors (Lipinski definition) is 3. The second-order valence-corrected chi connectivity index (χ2v) is 5.72. The summed E-state index contributed by atoms with van der Waals surface area (Å²) in [7, 11) is 1.22. The number of esters is 1. The number of hydrogen-bond donors (Lipinski definition) is 1. The number of alkyl halides is 3. The Morgan fingerprint density at radius 2 is 1.59 bits per heavy atom. The summed E-state index contributed by atoms with van der Waals surface area (Å²) in [5.74, 6) is -1.41. The summed E-state index contributed by atoms with van der Waals surface area (Å²) >= 11 is 16.6. The molecule has 1 N–H and O–H groups in total. The fourth-order valence-electron chi connectivity index (χ4n) is 1.56. The standard InChI is InChI=1S/C10H10Cl3NO3/c1-4-6(8(15)10(11,12)13)7(5(2)14-4)9(16)17-3/h14H,1-3H3. The molecule has 0 aliphatic carbocycles. The average molecular weight is 299 g/mol. The van der Waals surface area contributed by atoms with Crippen LogP contribution in [0.2, 0.25) is 0 Å². The van der Waals surface area contributed by atoms with Gasteiger partial charge in [0.2, 0.25) is 5.78 Å². The molecule has 0 saturated carbocycles. The van der Waals surface area contributed by atoms with Crippen LogP contribution in [-0.4, -0.2) is 27.6 Å². The van der Waals surface area contributed by atoms with Crippen LogP contribution in [0.3, 0.4) is 0 Å². The van der Waals surface area contributed by atoms with E-state index in [0.717, 1.165) is 0 Å². The highest BCUT2D eigenvalue weighted by molar-refractivity contribution is 6.77. The van der Waals surface area contributed by atoms with Crippen molar-refractivity contribution in [3.63, 3.8) is 0 Å². The largest absolute Gasteiger partial charge is 0.465 e. The van der Waals surface area contributed by atoms with Crippen molar-refractivity contribution in [1.29, 1.82) is 0 Å². The Kier molecular flexibility index (Phi) is 4.12. The lowest BCUT2D eigenvalue weighted by atomic mass is 10.1. The number of aromatic amines is 1. The van der Waals surface area contributed by atoms with E-state index >= 15 is 0 Å². The summed E-state index contributed by atoms with van der Waals surface area (Å²) in [4.78, 5) is 26.3. The summed E-state index contributed by atoms with van der Waals surface area (Å²) in [6.07, 6.45) is 0. The third-order valence-corrected chi connectivity index (χ3v) is 2.76. The molecule has 17 heavy (non-hydrogen) atoms. The van der Waals surface area contributed by atoms with Crippen molar-refractivity contribution in [3.8, 4) is 0 Å². The summed E-state index contributed by atoms with van der Waals surface area (Å²) in [5.41, 5.74) is 1.10. The molecule has 0 radical (unpaired) electrons. The number of ether oxygens (including phenoxy) is 1. The lowest BCUT2D eigenvalue weighted by molar-refractivity contribution is 0.0596. The molecule has 1 heterocycles. The topological polar surface area (TPSA) is 59.2 Å². The second-order valence-electron chi connectivity index (χ2n) is 3.44. The number of aryl methyl sites for hydroxylation is 2. The molecular weight excluding hydrogens is 288 g/mol. The van der Waals surface area contributed by atoms with Gasteiger partial charge >= 0.3 is 5.97 Å². The minimum atomic E-state index is -2.11. The molecule has 0 aliphatic rings. The summed E-state index contributed by atoms with van der Waals surface area (Å²) in [6, 6.07) is 0. The van der Waals surface area contributed by atoms with E-state index in [4.69, 9.17) is 34.8 Å². The van der Waals surface area contributed by atoms with Crippen LogP contribution >= 0.6 is 34.8 Å². The van der Waals surface area contributed by atoms with Gasteiger partial charge in [0.1, 0.15) is 0 Å². The third kappa shape index (κ3) is 2.76. The monoisotopic (exact) mass is 297 g/mol. The predicted octanol–water partition coefficient (Wildman–Crippen LogP) is 2.97. The Bertz CT molecular complexity index is 474. The second kappa shape index (κ2) is 4.88. The Hall–Kier alpha value is -0.710. The van der Waals surface area contributed by atoms with Crippen molar-refractivity contribution in [2.75, 3.05) is 7.11 Å². The number of halogens is 3. The molecule has 94 valence electrons. The number of aromatic nitrogens is 1. The van der Waals surface area contributed by atoms with Crippen molar-refractivity contribution >= 4 is 46.6 Å². The first-order valence-electron chi connectivity index (χ1n) is 4.59. The molecular formula is C10H10Cl3NO3. The summed E-state index contributed by atoms with van der Waals surface area (Å²) in [5, 5.41) is 0. The third-order valence-electron chi connectivity index (χ3n) is 2.25. The number of carbonyl (C=O) groups excluding carboxylic acids is 2. The zero-order valence-electron chi connectivity index (χ0n) is 9.36. The van der Waals surface area contributed by atoms with Gasteiger partial charge < -0.3 is 9.72 Å². The maximum Gasteiger partial charge on any atom is 0.340 e. The molecule has 0 atom stereocenters. The first-order valence-corrected chi connectivity index (χ1v) is 5.72. The van der Waals surface area contributed by atoms with Gasteiger partial charge in [0.05, 0.1) is 18.2 Å². The van der Waals surface area contributed by atoms with Crippen molar-refractivity contribution in [3.05, 3.63) is 22.5 Å². The highest BCUT2D eigenvalue weighted by Crippen LogP contribution is 2.33. The van der Waals surface area contributed by atoms with Crippen LogP contribution in [0.1, 0.15) is 32.1 Å². The van der Waals surface area contributed by atoms with Crippen LogP contribution in [-0.2, 0) is 4.74 Å². The van der Waals surface area contributed by atoms with E-state index in [0.29, 0.717) is 11.4 Å². The van der Waals surface area contributed by atoms with Crippen LogP contribution in [0.15, 0.2) is 0 Å². The first kappa shape index (κ1) is 14.4. The zero-order chi connectivity index (χ0) is 13.4. The van der Waals surface area contributed by atoms with Gasteiger partial charge in [0.15, 0.2) is 0 Å². The Morgan fingerprint density at radius 1 is 1.12 bits per heavy atom. The van der Waals surface area contributed by atoms with Gasteiger partial charge in [0.25, 0.3) is 3.79 Å². The summed E-state index contributed by atoms with van der Waals surface area (Å²) in [6.45, 7) is 3.25. The highest BCUT2D eigenvalue weighted by atomic mass is 35.6. The van der Waals surface area contributed by atoms with E-state index in [-0.39, 0.29) is 11.1 Å². The van der Waals surface area contributed by atoms with E-state index in [1.807, 2.05) is 0 Å². The van der Waals surface area contributed by atoms with Crippen molar-refractivity contribution < 1.29 is 14.3 Å². The van der Waals surface area contributed by atoms with E-state index in [1.165, 1.54) is 7.11 Å². The lowest BCUT2D eigenvalue weighted by Gasteiger charge is -2.10. The molecule has 0 amide bonds. The molecule has 0 bridgehead atoms. The molecule has 1 rings (SSSR count). The summed E-state index contributed by atoms with van der Waals surface area (Å²) < 4.78 is 2.48. The Morgan fingerprint density at radius 3 is 2.00 bits per heavy atom. The van der Waals surface area contributed by atoms with Gasteiger partial charge in [0, 0.05) is 11.4 Å². The molecule has 1 aromatic heterocycles. The average Bonchev–Trinajstić information content (AvgIpc) is 2.49. The zero-order valence-corrected chi connectivity index (χ0v) is 11.6. The number of methoxy groups -OCH3 is 1. The van der Waals surface area contributed by atoms with Crippen LogP contribution in [0, 0.1) is 13.8 Å². The molecule has 7 heteroatoms. The maximum absolute atomic E-state index is 11.9. The highest BCUT2D eigenvalue weighted by Gasteiger charge is 2.37. The molecule has 0 saturated heterocycles. The quantitative estimate of drug-likeness (QED) is 0.519. The van der Waals surface area contributed by atoms with E-state index < -0.39 is 15.5 Å². The Balaban J connectivity index is 3.43. The van der Waals surface area contributed by atoms with Crippen LogP contribution in [0.4, 0.5) is 0 Å². The first-order chi connectivity index (χ1) is 7.70. The Labute approximate surface area is 113 Å². The van der Waals surface area contributed by atoms with Crippen molar-refractivity contribution in [2.45, 2.75) is 17.6 Å². The van der Waals surface area contributed by atoms with Crippen LogP contribution in [0.5, 0.6) is 0 Å². The molecule has 0 fully saturated rings. The number of Topliss-reactive ketones (excluding diaryl/α,β-unsaturated/α-hetero) is 1. The van der Waals surface area contributed by atoms with Crippen molar-refractivity contribution in [1.82, 2.24) is 4.98 Å². The maximum atomic E-state index is 11.9. The molecule has 0 aliphatic heterocycles. The minimum absolute atomic E-state index is 0.0503. The number of rotatable bonds is 2. The van der Waals surface area contributed by atoms with Gasteiger partial charge in [-0.2, -0.15) is 0 Å². The van der Waals surface area contributed by atoms with Crippen molar-refractivity contribution in [2.24, 2.45) is 0 Å². The van der Waals surface area contributed by atoms with E-state index in [2.05, 4.69) is 9.72 Å². The fourth-order valence-corrected chi connectivity index (χ4v) is 1.85. The van der Waals surface area contributed by atoms with Gasteiger partial charge in [-0.3, -0.25) is 4.79 Å². The molecule has 0 unspecified atom stereocenters. The number of nitrogens with one attached hydrogen (secondary N) is 1. The number of H-pyrrole nitrogens is 1. The molecule has 4 nitrogen and oxygen atoms in total.